The zero-order valence-electron chi connectivity index (χ0n) is 30.1. The Labute approximate surface area is 321 Å². The molecule has 56 heavy (non-hydrogen) atoms. The maximum Gasteiger partial charge on any atom is 0.159 e. The van der Waals surface area contributed by atoms with Gasteiger partial charge in [-0.2, -0.15) is 0 Å². The highest BCUT2D eigenvalue weighted by Gasteiger charge is 2.23. The summed E-state index contributed by atoms with van der Waals surface area (Å²) in [5.41, 5.74) is 12.3. The normalized spacial score (nSPS) is 11.9. The summed E-state index contributed by atoms with van der Waals surface area (Å²) in [4.78, 5) is 2.28. The van der Waals surface area contributed by atoms with Crippen LogP contribution in [-0.4, -0.2) is 0 Å². The molecule has 262 valence electrons. The molecule has 0 saturated heterocycles. The van der Waals surface area contributed by atoms with Gasteiger partial charge < -0.3 is 18.2 Å². The molecule has 4 nitrogen and oxygen atoms in total. The predicted octanol–water partition coefficient (Wildman–Crippen LogP) is 15.3. The molecule has 3 heterocycles. The lowest BCUT2D eigenvalue weighted by Gasteiger charge is -2.25. The van der Waals surface area contributed by atoms with E-state index >= 15 is 0 Å². The lowest BCUT2D eigenvalue weighted by Crippen LogP contribution is -2.10. The van der Waals surface area contributed by atoms with Crippen LogP contribution in [0.15, 0.2) is 201 Å². The number of para-hydroxylation sites is 4. The fourth-order valence-corrected chi connectivity index (χ4v) is 8.68. The Bertz CT molecular complexity index is 3480. The van der Waals surface area contributed by atoms with Gasteiger partial charge in [-0.3, -0.25) is 0 Å². The Hall–Kier alpha value is -7.56. The molecule has 0 aliphatic carbocycles. The van der Waals surface area contributed by atoms with Crippen molar-refractivity contribution in [2.24, 2.45) is 0 Å². The molecule has 0 radical (unpaired) electrons. The number of nitrogens with zero attached hydrogens (tertiary/aromatic N) is 1. The summed E-state index contributed by atoms with van der Waals surface area (Å²) in [5.74, 6) is 0. The maximum atomic E-state index is 7.05. The Morgan fingerprint density at radius 3 is 1.68 bits per heavy atom. The number of anilines is 3. The fraction of sp³-hybridized carbons (Fsp3) is 0. The van der Waals surface area contributed by atoms with Crippen LogP contribution in [0.4, 0.5) is 17.1 Å². The Kier molecular flexibility index (Phi) is 6.60. The topological polar surface area (TPSA) is 42.7 Å². The van der Waals surface area contributed by atoms with E-state index in [0.717, 1.165) is 110 Å². The van der Waals surface area contributed by atoms with Crippen molar-refractivity contribution < 1.29 is 13.3 Å². The average Bonchev–Trinajstić information content (AvgIpc) is 3.95. The first-order chi connectivity index (χ1) is 27.8. The monoisotopic (exact) mass is 717 g/mol. The van der Waals surface area contributed by atoms with E-state index in [1.807, 2.05) is 30.3 Å². The summed E-state index contributed by atoms with van der Waals surface area (Å²) in [6, 6.07) is 65.9. The van der Waals surface area contributed by atoms with Gasteiger partial charge >= 0.3 is 0 Å². The Balaban J connectivity index is 1.10. The molecule has 0 saturated carbocycles. The number of benzene rings is 9. The molecule has 0 unspecified atom stereocenters. The third kappa shape index (κ3) is 4.60. The van der Waals surface area contributed by atoms with Crippen LogP contribution in [0.3, 0.4) is 0 Å². The molecule has 0 aliphatic rings. The van der Waals surface area contributed by atoms with Crippen molar-refractivity contribution in [1.82, 2.24) is 0 Å². The van der Waals surface area contributed by atoms with Crippen molar-refractivity contribution in [2.75, 3.05) is 4.90 Å². The maximum absolute atomic E-state index is 7.05. The van der Waals surface area contributed by atoms with Crippen LogP contribution >= 0.6 is 0 Å². The van der Waals surface area contributed by atoms with Gasteiger partial charge in [0.25, 0.3) is 0 Å². The third-order valence-corrected chi connectivity index (χ3v) is 11.3. The molecule has 0 bridgehead atoms. The van der Waals surface area contributed by atoms with Crippen molar-refractivity contribution in [3.8, 4) is 22.3 Å². The largest absolute Gasteiger partial charge is 0.455 e. The van der Waals surface area contributed by atoms with Gasteiger partial charge in [0, 0.05) is 55.2 Å². The smallest absolute Gasteiger partial charge is 0.159 e. The zero-order valence-corrected chi connectivity index (χ0v) is 30.1. The lowest BCUT2D eigenvalue weighted by atomic mass is 9.94. The van der Waals surface area contributed by atoms with E-state index in [1.54, 1.807) is 0 Å². The number of furan rings is 3. The van der Waals surface area contributed by atoms with Gasteiger partial charge in [0.05, 0.1) is 11.4 Å². The van der Waals surface area contributed by atoms with E-state index in [9.17, 15) is 0 Å². The molecule has 0 atom stereocenters. The lowest BCUT2D eigenvalue weighted by molar-refractivity contribution is 0.665. The Morgan fingerprint density at radius 1 is 0.321 bits per heavy atom. The molecule has 12 rings (SSSR count). The van der Waals surface area contributed by atoms with E-state index in [1.165, 1.54) is 5.56 Å². The fourth-order valence-electron chi connectivity index (χ4n) is 8.68. The van der Waals surface area contributed by atoms with Crippen LogP contribution in [0.2, 0.25) is 0 Å². The molecule has 9 aromatic carbocycles. The molecule has 0 spiro atoms. The molecule has 0 amide bonds. The molecular weight excluding hydrogens is 687 g/mol. The molecular formula is C52H31NO3. The average molecular weight is 718 g/mol. The van der Waals surface area contributed by atoms with E-state index in [2.05, 4.69) is 163 Å². The highest BCUT2D eigenvalue weighted by molar-refractivity contribution is 6.22. The number of hydrogen-bond donors (Lipinski definition) is 0. The summed E-state index contributed by atoms with van der Waals surface area (Å²) < 4.78 is 20.3. The molecule has 0 aliphatic heterocycles. The molecule has 12 aromatic rings. The van der Waals surface area contributed by atoms with Gasteiger partial charge in [-0.05, 0) is 70.4 Å². The second-order valence-corrected chi connectivity index (χ2v) is 14.4. The van der Waals surface area contributed by atoms with Crippen LogP contribution in [0.1, 0.15) is 0 Å². The van der Waals surface area contributed by atoms with Crippen LogP contribution in [0.5, 0.6) is 0 Å². The van der Waals surface area contributed by atoms with Gasteiger partial charge in [0.15, 0.2) is 5.58 Å². The van der Waals surface area contributed by atoms with Crippen molar-refractivity contribution in [1.29, 1.82) is 0 Å². The summed E-state index contributed by atoms with van der Waals surface area (Å²) in [7, 11) is 0. The van der Waals surface area contributed by atoms with Crippen molar-refractivity contribution in [3.05, 3.63) is 188 Å². The van der Waals surface area contributed by atoms with Gasteiger partial charge in [0.1, 0.15) is 27.9 Å². The van der Waals surface area contributed by atoms with Crippen molar-refractivity contribution >= 4 is 93.7 Å². The van der Waals surface area contributed by atoms with E-state index in [0.29, 0.717) is 0 Å². The van der Waals surface area contributed by atoms with Gasteiger partial charge in [0.2, 0.25) is 0 Å². The van der Waals surface area contributed by atoms with E-state index in [4.69, 9.17) is 13.3 Å². The molecule has 0 fully saturated rings. The Morgan fingerprint density at radius 2 is 0.893 bits per heavy atom. The summed E-state index contributed by atoms with van der Waals surface area (Å²) >= 11 is 0. The van der Waals surface area contributed by atoms with E-state index < -0.39 is 0 Å². The van der Waals surface area contributed by atoms with Crippen LogP contribution in [0, 0.1) is 0 Å². The standard InChI is InChI=1S/C52H31NO3/c1-2-12-32(13-3-1)33-24-26-35(27-25-33)53(45-21-11-19-42-39-17-7-9-23-47(39)55-51(42)45)36-28-29-40-44-30-34-14-4-5-15-37(34)49(52(44)56-48(40)31-36)43-20-10-18-41-38-16-6-8-22-46(38)54-50(41)43/h1-31H. The summed E-state index contributed by atoms with van der Waals surface area (Å²) in [6.07, 6.45) is 0. The SMILES string of the molecule is c1ccc(-c2ccc(N(c3ccc4c(c3)oc3c(-c5cccc6c5oc5ccccc56)c5ccccc5cc34)c3cccc4c3oc3ccccc34)cc2)cc1. The number of hydrogen-bond acceptors (Lipinski definition) is 4. The molecule has 3 aromatic heterocycles. The minimum absolute atomic E-state index is 0.800. The second kappa shape index (κ2) is 12.0. The molecule has 4 heteroatoms. The van der Waals surface area contributed by atoms with Crippen LogP contribution < -0.4 is 4.90 Å². The molecule has 0 N–H and O–H groups in total. The summed E-state index contributed by atoms with van der Waals surface area (Å²) in [5, 5.41) is 8.73. The van der Waals surface area contributed by atoms with Crippen LogP contribution in [0.25, 0.3) is 98.8 Å². The van der Waals surface area contributed by atoms with Gasteiger partial charge in [-0.25, -0.2) is 0 Å². The first-order valence-electron chi connectivity index (χ1n) is 18.9. The minimum atomic E-state index is 0.800. The van der Waals surface area contributed by atoms with Gasteiger partial charge in [-0.1, -0.05) is 133 Å². The first-order valence-corrected chi connectivity index (χ1v) is 18.9. The minimum Gasteiger partial charge on any atom is -0.455 e. The quantitative estimate of drug-likeness (QED) is 0.178. The highest BCUT2D eigenvalue weighted by atomic mass is 16.3. The predicted molar refractivity (Wildman–Crippen MR) is 231 cm³/mol. The second-order valence-electron chi connectivity index (χ2n) is 14.4. The van der Waals surface area contributed by atoms with Crippen LogP contribution in [-0.2, 0) is 0 Å². The third-order valence-electron chi connectivity index (χ3n) is 11.3. The summed E-state index contributed by atoms with van der Waals surface area (Å²) in [6.45, 7) is 0. The van der Waals surface area contributed by atoms with Crippen molar-refractivity contribution in [3.63, 3.8) is 0 Å². The van der Waals surface area contributed by atoms with Crippen molar-refractivity contribution in [2.45, 2.75) is 0 Å². The number of rotatable bonds is 5. The zero-order chi connectivity index (χ0) is 36.7. The first kappa shape index (κ1) is 30.9. The number of fused-ring (bicyclic) bond motifs is 10. The highest BCUT2D eigenvalue weighted by Crippen LogP contribution is 2.47. The van der Waals surface area contributed by atoms with Gasteiger partial charge in [-0.15, -0.1) is 0 Å². The van der Waals surface area contributed by atoms with E-state index in [-0.39, 0.29) is 0 Å².